The number of ether oxygens (including phenoxy) is 2. The lowest BCUT2D eigenvalue weighted by Gasteiger charge is -2.04. The Morgan fingerprint density at radius 2 is 1.62 bits per heavy atom. The van der Waals surface area contributed by atoms with E-state index in [1.54, 1.807) is 18.7 Å². The average Bonchev–Trinajstić information content (AvgIpc) is 3.26. The van der Waals surface area contributed by atoms with Crippen LogP contribution in [0.15, 0.2) is 48.5 Å². The number of methoxy groups -OCH3 is 2. The highest BCUT2D eigenvalue weighted by Crippen LogP contribution is 2.30. The molecule has 0 amide bonds. The van der Waals surface area contributed by atoms with Crippen LogP contribution in [0.3, 0.4) is 0 Å². The molecule has 130 valence electrons. The lowest BCUT2D eigenvalue weighted by molar-refractivity contribution is 0.414. The van der Waals surface area contributed by atoms with Crippen LogP contribution in [0.1, 0.15) is 10.6 Å². The highest BCUT2D eigenvalue weighted by atomic mass is 32.1. The van der Waals surface area contributed by atoms with Crippen LogP contribution in [-0.4, -0.2) is 34.0 Å². The molecule has 0 bridgehead atoms. The molecule has 0 aliphatic carbocycles. The minimum absolute atomic E-state index is 0.658. The molecule has 0 aliphatic rings. The summed E-state index contributed by atoms with van der Waals surface area (Å²) in [6.07, 6.45) is 3.93. The van der Waals surface area contributed by atoms with E-state index in [1.807, 2.05) is 60.7 Å². The zero-order chi connectivity index (χ0) is 17.9. The maximum absolute atomic E-state index is 5.42. The molecule has 4 rings (SSSR count). The molecule has 0 saturated carbocycles. The highest BCUT2D eigenvalue weighted by Gasteiger charge is 2.15. The van der Waals surface area contributed by atoms with Crippen molar-refractivity contribution in [3.8, 4) is 22.9 Å². The molecule has 0 N–H and O–H groups in total. The van der Waals surface area contributed by atoms with Crippen LogP contribution in [0, 0.1) is 0 Å². The minimum atomic E-state index is 0.658. The monoisotopic (exact) mass is 364 g/mol. The van der Waals surface area contributed by atoms with Crippen molar-refractivity contribution in [1.29, 1.82) is 0 Å². The fraction of sp³-hybridized carbons (Fsp3) is 0.105. The van der Waals surface area contributed by atoms with Crippen LogP contribution in [-0.2, 0) is 0 Å². The van der Waals surface area contributed by atoms with Crippen LogP contribution in [0.5, 0.6) is 11.5 Å². The second kappa shape index (κ2) is 6.97. The summed E-state index contributed by atoms with van der Waals surface area (Å²) in [5.74, 6) is 2.22. The van der Waals surface area contributed by atoms with Gasteiger partial charge in [-0.25, -0.2) is 0 Å². The standard InChI is InChI=1S/C19H16N4O2S/c1-24-15-9-5-3-7-13(15)11-12-17-22-23-18(20-21-19(23)26-17)14-8-4-6-10-16(14)25-2/h3-12H,1-2H3/b12-11+. The molecule has 0 spiro atoms. The van der Waals surface area contributed by atoms with Gasteiger partial charge in [-0.15, -0.1) is 10.2 Å². The van der Waals surface area contributed by atoms with E-state index in [-0.39, 0.29) is 0 Å². The molecule has 2 aromatic carbocycles. The number of benzene rings is 2. The smallest absolute Gasteiger partial charge is 0.235 e. The zero-order valence-corrected chi connectivity index (χ0v) is 15.1. The summed E-state index contributed by atoms with van der Waals surface area (Å²) in [6.45, 7) is 0. The van der Waals surface area contributed by atoms with E-state index in [1.165, 1.54) is 11.3 Å². The molecule has 0 fully saturated rings. The predicted molar refractivity (Wildman–Crippen MR) is 103 cm³/mol. The van der Waals surface area contributed by atoms with Gasteiger partial charge in [0.15, 0.2) is 5.82 Å². The molecule has 0 saturated heterocycles. The predicted octanol–water partition coefficient (Wildman–Crippen LogP) is 4.04. The number of hydrogen-bond acceptors (Lipinski definition) is 6. The molecule has 6 nitrogen and oxygen atoms in total. The highest BCUT2D eigenvalue weighted by molar-refractivity contribution is 7.17. The molecule has 2 aromatic heterocycles. The van der Waals surface area contributed by atoms with E-state index < -0.39 is 0 Å². The van der Waals surface area contributed by atoms with Crippen LogP contribution in [0.2, 0.25) is 0 Å². The Kier molecular flexibility index (Phi) is 4.37. The Balaban J connectivity index is 1.71. The summed E-state index contributed by atoms with van der Waals surface area (Å²) in [4.78, 5) is 0.727. The average molecular weight is 364 g/mol. The van der Waals surface area contributed by atoms with Crippen LogP contribution in [0.25, 0.3) is 28.5 Å². The van der Waals surface area contributed by atoms with E-state index >= 15 is 0 Å². The summed E-state index contributed by atoms with van der Waals surface area (Å²) < 4.78 is 12.5. The third-order valence-electron chi connectivity index (χ3n) is 3.90. The SMILES string of the molecule is COc1ccccc1/C=C/c1nn2c(-c3ccccc3OC)nnc2s1. The maximum Gasteiger partial charge on any atom is 0.235 e. The second-order valence-corrected chi connectivity index (χ2v) is 6.42. The van der Waals surface area contributed by atoms with Gasteiger partial charge in [0.05, 0.1) is 19.8 Å². The van der Waals surface area contributed by atoms with Crippen molar-refractivity contribution in [3.05, 3.63) is 59.1 Å². The largest absolute Gasteiger partial charge is 0.496 e. The molecule has 0 radical (unpaired) electrons. The van der Waals surface area contributed by atoms with Crippen molar-refractivity contribution < 1.29 is 9.47 Å². The van der Waals surface area contributed by atoms with E-state index in [2.05, 4.69) is 15.3 Å². The molecule has 0 atom stereocenters. The minimum Gasteiger partial charge on any atom is -0.496 e. The number of nitrogens with zero attached hydrogens (tertiary/aromatic N) is 4. The van der Waals surface area contributed by atoms with E-state index in [4.69, 9.17) is 9.47 Å². The summed E-state index contributed by atoms with van der Waals surface area (Å²) in [6, 6.07) is 15.5. The zero-order valence-electron chi connectivity index (χ0n) is 14.3. The molecule has 0 aliphatic heterocycles. The van der Waals surface area contributed by atoms with Crippen molar-refractivity contribution in [3.63, 3.8) is 0 Å². The second-order valence-electron chi connectivity index (χ2n) is 5.43. The number of para-hydroxylation sites is 2. The van der Waals surface area contributed by atoms with Gasteiger partial charge in [0.1, 0.15) is 16.5 Å². The van der Waals surface area contributed by atoms with Gasteiger partial charge < -0.3 is 9.47 Å². The van der Waals surface area contributed by atoms with E-state index in [9.17, 15) is 0 Å². The molecular weight excluding hydrogens is 348 g/mol. The first-order chi connectivity index (χ1) is 12.8. The molecule has 0 unspecified atom stereocenters. The number of hydrogen-bond donors (Lipinski definition) is 0. The fourth-order valence-electron chi connectivity index (χ4n) is 2.66. The van der Waals surface area contributed by atoms with Crippen molar-refractivity contribution in [2.75, 3.05) is 14.2 Å². The van der Waals surface area contributed by atoms with Crippen molar-refractivity contribution in [2.45, 2.75) is 0 Å². The van der Waals surface area contributed by atoms with Gasteiger partial charge >= 0.3 is 0 Å². The van der Waals surface area contributed by atoms with E-state index in [0.717, 1.165) is 32.6 Å². The summed E-state index contributed by atoms with van der Waals surface area (Å²) in [5, 5.41) is 13.9. The first kappa shape index (κ1) is 16.3. The Labute approximate surface area is 154 Å². The lowest BCUT2D eigenvalue weighted by atomic mass is 10.2. The summed E-state index contributed by atoms with van der Waals surface area (Å²) in [5.41, 5.74) is 1.85. The Bertz CT molecular complexity index is 1080. The molecule has 4 aromatic rings. The van der Waals surface area contributed by atoms with Gasteiger partial charge in [0, 0.05) is 5.56 Å². The quantitative estimate of drug-likeness (QED) is 0.535. The topological polar surface area (TPSA) is 61.5 Å². The Morgan fingerprint density at radius 1 is 0.885 bits per heavy atom. The molecule has 7 heteroatoms. The fourth-order valence-corrected chi connectivity index (χ4v) is 3.40. The van der Waals surface area contributed by atoms with Crippen molar-refractivity contribution >= 4 is 28.4 Å². The molecular formula is C19H16N4O2S. The first-order valence-corrected chi connectivity index (χ1v) is 8.78. The summed E-state index contributed by atoms with van der Waals surface area (Å²) in [7, 11) is 3.30. The first-order valence-electron chi connectivity index (χ1n) is 7.97. The van der Waals surface area contributed by atoms with Crippen molar-refractivity contribution in [2.24, 2.45) is 0 Å². The summed E-state index contributed by atoms with van der Waals surface area (Å²) >= 11 is 1.47. The molecule has 2 heterocycles. The van der Waals surface area contributed by atoms with Crippen LogP contribution >= 0.6 is 11.3 Å². The van der Waals surface area contributed by atoms with Crippen LogP contribution < -0.4 is 9.47 Å². The molecule has 26 heavy (non-hydrogen) atoms. The Morgan fingerprint density at radius 3 is 2.42 bits per heavy atom. The van der Waals surface area contributed by atoms with Gasteiger partial charge in [-0.05, 0) is 30.4 Å². The number of aromatic nitrogens is 4. The van der Waals surface area contributed by atoms with Crippen LogP contribution in [0.4, 0.5) is 0 Å². The lowest BCUT2D eigenvalue weighted by Crippen LogP contribution is -1.94. The number of fused-ring (bicyclic) bond motifs is 1. The Hall–Kier alpha value is -3.19. The third-order valence-corrected chi connectivity index (χ3v) is 4.76. The van der Waals surface area contributed by atoms with Gasteiger partial charge in [-0.3, -0.25) is 0 Å². The van der Waals surface area contributed by atoms with Gasteiger partial charge in [-0.1, -0.05) is 41.7 Å². The van der Waals surface area contributed by atoms with E-state index in [0.29, 0.717) is 5.82 Å². The van der Waals surface area contributed by atoms with Gasteiger partial charge in [0.25, 0.3) is 0 Å². The maximum atomic E-state index is 5.42. The van der Waals surface area contributed by atoms with Gasteiger partial charge in [0.2, 0.25) is 4.96 Å². The third kappa shape index (κ3) is 2.93. The van der Waals surface area contributed by atoms with Crippen molar-refractivity contribution in [1.82, 2.24) is 19.8 Å². The number of rotatable bonds is 5. The van der Waals surface area contributed by atoms with Gasteiger partial charge in [-0.2, -0.15) is 9.61 Å². The normalized spacial score (nSPS) is 11.3.